The van der Waals surface area contributed by atoms with Gasteiger partial charge in [-0.2, -0.15) is 5.10 Å². The van der Waals surface area contributed by atoms with Crippen LogP contribution in [0, 0.1) is 6.92 Å². The number of rotatable bonds is 6. The van der Waals surface area contributed by atoms with Crippen molar-refractivity contribution < 1.29 is 14.6 Å². The van der Waals surface area contributed by atoms with E-state index in [4.69, 9.17) is 9.84 Å². The molecule has 0 radical (unpaired) electrons. The quantitative estimate of drug-likeness (QED) is 0.848. The molecule has 0 amide bonds. The van der Waals surface area contributed by atoms with E-state index in [0.29, 0.717) is 0 Å². The van der Waals surface area contributed by atoms with Crippen molar-refractivity contribution in [2.24, 2.45) is 0 Å². The summed E-state index contributed by atoms with van der Waals surface area (Å²) in [5, 5.41) is 13.1. The van der Waals surface area contributed by atoms with Crippen LogP contribution in [-0.4, -0.2) is 51.1 Å². The summed E-state index contributed by atoms with van der Waals surface area (Å²) in [4.78, 5) is 12.8. The molecule has 1 aliphatic heterocycles. The zero-order valence-corrected chi connectivity index (χ0v) is 13.6. The van der Waals surface area contributed by atoms with Crippen molar-refractivity contribution in [3.05, 3.63) is 15.9 Å². The van der Waals surface area contributed by atoms with Crippen molar-refractivity contribution in [1.29, 1.82) is 0 Å². The zero-order chi connectivity index (χ0) is 14.9. The predicted molar refractivity (Wildman–Crippen MR) is 77.6 cm³/mol. The minimum atomic E-state index is -0.924. The van der Waals surface area contributed by atoms with E-state index < -0.39 is 5.97 Å². The number of carbonyl (C=O) groups is 1. The van der Waals surface area contributed by atoms with Crippen LogP contribution in [0.4, 0.5) is 0 Å². The molecule has 2 heterocycles. The molecule has 1 saturated heterocycles. The molecule has 1 aromatic heterocycles. The van der Waals surface area contributed by atoms with E-state index in [2.05, 4.69) is 32.9 Å². The van der Waals surface area contributed by atoms with Crippen LogP contribution >= 0.6 is 15.9 Å². The fourth-order valence-corrected chi connectivity index (χ4v) is 2.98. The molecule has 0 aromatic carbocycles. The van der Waals surface area contributed by atoms with Crippen molar-refractivity contribution in [3.8, 4) is 0 Å². The third-order valence-electron chi connectivity index (χ3n) is 3.49. The third-order valence-corrected chi connectivity index (χ3v) is 4.52. The molecule has 1 aromatic rings. The Morgan fingerprint density at radius 1 is 1.55 bits per heavy atom. The predicted octanol–water partition coefficient (Wildman–Crippen LogP) is 1.65. The molecule has 0 unspecified atom stereocenters. The van der Waals surface area contributed by atoms with Gasteiger partial charge in [-0.05, 0) is 36.7 Å². The topological polar surface area (TPSA) is 67.6 Å². The summed E-state index contributed by atoms with van der Waals surface area (Å²) in [6.07, 6.45) is 0. The Kier molecular flexibility index (Phi) is 4.51. The first-order chi connectivity index (χ1) is 9.34. The first-order valence-corrected chi connectivity index (χ1v) is 7.44. The normalized spacial score (nSPS) is 18.0. The van der Waals surface area contributed by atoms with Gasteiger partial charge < -0.3 is 9.84 Å². The van der Waals surface area contributed by atoms with Gasteiger partial charge in [-0.1, -0.05) is 0 Å². The summed E-state index contributed by atoms with van der Waals surface area (Å²) in [6, 6.07) is 0. The average Bonchev–Trinajstić information content (AvgIpc) is 2.62. The van der Waals surface area contributed by atoms with E-state index in [1.165, 1.54) is 0 Å². The molecular weight excluding hydrogens is 326 g/mol. The van der Waals surface area contributed by atoms with Gasteiger partial charge in [0, 0.05) is 26.2 Å². The first-order valence-electron chi connectivity index (χ1n) is 6.64. The van der Waals surface area contributed by atoms with E-state index >= 15 is 0 Å². The number of halogens is 1. The highest BCUT2D eigenvalue weighted by Gasteiger charge is 2.40. The SMILES string of the molecule is CCn1nc(C)c(Br)c1CN1CC(C)(OCC(=O)O)C1. The lowest BCUT2D eigenvalue weighted by molar-refractivity contribution is -0.166. The van der Waals surface area contributed by atoms with Crippen LogP contribution < -0.4 is 0 Å². The Hall–Kier alpha value is -0.920. The van der Waals surface area contributed by atoms with Gasteiger partial charge in [0.25, 0.3) is 0 Å². The zero-order valence-electron chi connectivity index (χ0n) is 12.0. The summed E-state index contributed by atoms with van der Waals surface area (Å²) in [7, 11) is 0. The highest BCUT2D eigenvalue weighted by atomic mass is 79.9. The van der Waals surface area contributed by atoms with Crippen LogP contribution in [0.2, 0.25) is 0 Å². The van der Waals surface area contributed by atoms with Crippen LogP contribution in [0.15, 0.2) is 4.47 Å². The number of aryl methyl sites for hydroxylation is 2. The second-order valence-corrected chi connectivity index (χ2v) is 6.23. The molecule has 0 spiro atoms. The lowest BCUT2D eigenvalue weighted by Crippen LogP contribution is -2.61. The van der Waals surface area contributed by atoms with Crippen molar-refractivity contribution in [1.82, 2.24) is 14.7 Å². The van der Waals surface area contributed by atoms with Crippen molar-refractivity contribution >= 4 is 21.9 Å². The number of hydrogen-bond donors (Lipinski definition) is 1. The first kappa shape index (κ1) is 15.5. The molecular formula is C13H20BrN3O3. The molecule has 6 nitrogen and oxygen atoms in total. The largest absolute Gasteiger partial charge is 0.480 e. The van der Waals surface area contributed by atoms with E-state index in [9.17, 15) is 4.79 Å². The fraction of sp³-hybridized carbons (Fsp3) is 0.692. The Bertz CT molecular complexity index is 509. The molecule has 0 saturated carbocycles. The van der Waals surface area contributed by atoms with Crippen LogP contribution in [0.1, 0.15) is 25.2 Å². The molecule has 7 heteroatoms. The maximum atomic E-state index is 10.5. The number of likely N-dealkylation sites (tertiary alicyclic amines) is 1. The van der Waals surface area contributed by atoms with Gasteiger partial charge >= 0.3 is 5.97 Å². The van der Waals surface area contributed by atoms with Gasteiger partial charge in [-0.15, -0.1) is 0 Å². The smallest absolute Gasteiger partial charge is 0.329 e. The van der Waals surface area contributed by atoms with Crippen LogP contribution in [0.25, 0.3) is 0 Å². The van der Waals surface area contributed by atoms with Gasteiger partial charge in [-0.25, -0.2) is 4.79 Å². The van der Waals surface area contributed by atoms with Crippen molar-refractivity contribution in [2.75, 3.05) is 19.7 Å². The Labute approximate surface area is 126 Å². The molecule has 2 rings (SSSR count). The minimum absolute atomic E-state index is 0.236. The highest BCUT2D eigenvalue weighted by molar-refractivity contribution is 9.10. The fourth-order valence-electron chi connectivity index (χ4n) is 2.57. The third kappa shape index (κ3) is 3.21. The van der Waals surface area contributed by atoms with Crippen LogP contribution in [0.3, 0.4) is 0 Å². The number of ether oxygens (including phenoxy) is 1. The second-order valence-electron chi connectivity index (χ2n) is 5.44. The molecule has 1 fully saturated rings. The average molecular weight is 346 g/mol. The van der Waals surface area contributed by atoms with Crippen molar-refractivity contribution in [3.63, 3.8) is 0 Å². The van der Waals surface area contributed by atoms with Gasteiger partial charge in [0.1, 0.15) is 6.61 Å². The van der Waals surface area contributed by atoms with E-state index in [1.54, 1.807) is 0 Å². The summed E-state index contributed by atoms with van der Waals surface area (Å²) in [6.45, 7) is 8.86. The molecule has 1 N–H and O–H groups in total. The molecule has 112 valence electrons. The number of aromatic nitrogens is 2. The maximum Gasteiger partial charge on any atom is 0.329 e. The monoisotopic (exact) mass is 345 g/mol. The highest BCUT2D eigenvalue weighted by Crippen LogP contribution is 2.29. The van der Waals surface area contributed by atoms with E-state index in [1.807, 2.05) is 18.5 Å². The van der Waals surface area contributed by atoms with Crippen molar-refractivity contribution in [2.45, 2.75) is 39.5 Å². The molecule has 0 bridgehead atoms. The van der Waals surface area contributed by atoms with Crippen LogP contribution in [0.5, 0.6) is 0 Å². The lowest BCUT2D eigenvalue weighted by atomic mass is 9.96. The summed E-state index contributed by atoms with van der Waals surface area (Å²) >= 11 is 3.58. The number of aliphatic carboxylic acids is 1. The minimum Gasteiger partial charge on any atom is -0.480 e. The maximum absolute atomic E-state index is 10.5. The van der Waals surface area contributed by atoms with Gasteiger partial charge in [-0.3, -0.25) is 9.58 Å². The number of carboxylic acid groups (broad SMARTS) is 1. The molecule has 0 aliphatic carbocycles. The number of carboxylic acids is 1. The summed E-state index contributed by atoms with van der Waals surface area (Å²) < 4.78 is 8.46. The van der Waals surface area contributed by atoms with Crippen LogP contribution in [-0.2, 0) is 22.6 Å². The van der Waals surface area contributed by atoms with Gasteiger partial charge in [0.2, 0.25) is 0 Å². The van der Waals surface area contributed by atoms with E-state index in [-0.39, 0.29) is 12.2 Å². The Morgan fingerprint density at radius 3 is 2.75 bits per heavy atom. The van der Waals surface area contributed by atoms with Gasteiger partial charge in [0.15, 0.2) is 0 Å². The Balaban J connectivity index is 1.93. The second kappa shape index (κ2) is 5.83. The Morgan fingerprint density at radius 2 is 2.20 bits per heavy atom. The lowest BCUT2D eigenvalue weighted by Gasteiger charge is -2.47. The number of hydrogen-bond acceptors (Lipinski definition) is 4. The molecule has 1 aliphatic rings. The summed E-state index contributed by atoms with van der Waals surface area (Å²) in [5.41, 5.74) is 1.80. The summed E-state index contributed by atoms with van der Waals surface area (Å²) in [5.74, 6) is -0.924. The number of nitrogens with zero attached hydrogens (tertiary/aromatic N) is 3. The molecule has 0 atom stereocenters. The molecule has 20 heavy (non-hydrogen) atoms. The van der Waals surface area contributed by atoms with Gasteiger partial charge in [0.05, 0.1) is 21.5 Å². The standard InChI is InChI=1S/C13H20BrN3O3/c1-4-17-10(12(14)9(2)15-17)5-16-7-13(3,8-16)20-6-11(18)19/h4-8H2,1-3H3,(H,18,19). The van der Waals surface area contributed by atoms with E-state index in [0.717, 1.165) is 42.0 Å².